The minimum atomic E-state index is -0.898. The van der Waals surface area contributed by atoms with Crippen LogP contribution in [0.3, 0.4) is 0 Å². The quantitative estimate of drug-likeness (QED) is 0.710. The second kappa shape index (κ2) is 8.15. The zero-order chi connectivity index (χ0) is 17.6. The minimum Gasteiger partial charge on any atom is -0.481 e. The van der Waals surface area contributed by atoms with Gasteiger partial charge in [-0.05, 0) is 30.4 Å². The Kier molecular flexibility index (Phi) is 6.20. The fraction of sp³-hybridized carbons (Fsp3) is 0.471. The molecular weight excluding hydrogens is 332 g/mol. The van der Waals surface area contributed by atoms with Crippen molar-refractivity contribution >= 4 is 29.4 Å². The summed E-state index contributed by atoms with van der Waals surface area (Å²) in [6.07, 6.45) is 4.39. The lowest BCUT2D eigenvalue weighted by Gasteiger charge is -2.35. The van der Waals surface area contributed by atoms with Gasteiger partial charge in [0.2, 0.25) is 5.91 Å². The Morgan fingerprint density at radius 2 is 1.71 bits per heavy atom. The van der Waals surface area contributed by atoms with E-state index in [0.717, 1.165) is 19.3 Å². The number of carbonyl (C=O) groups excluding carboxylic acids is 2. The Labute approximate surface area is 145 Å². The molecule has 1 saturated carbocycles. The van der Waals surface area contributed by atoms with Crippen molar-refractivity contribution in [3.63, 3.8) is 0 Å². The number of benzene rings is 1. The summed E-state index contributed by atoms with van der Waals surface area (Å²) in [5, 5.41) is 9.42. The van der Waals surface area contributed by atoms with Gasteiger partial charge < -0.3 is 5.11 Å². The van der Waals surface area contributed by atoms with Crippen LogP contribution in [0.15, 0.2) is 24.3 Å². The van der Waals surface area contributed by atoms with Gasteiger partial charge in [0.15, 0.2) is 0 Å². The predicted octanol–water partition coefficient (Wildman–Crippen LogP) is 2.92. The molecular formula is C17H21ClN2O4. The maximum absolute atomic E-state index is 12.2. The second-order valence-electron chi connectivity index (χ2n) is 6.29. The van der Waals surface area contributed by atoms with E-state index in [0.29, 0.717) is 17.9 Å². The number of nitrogens with one attached hydrogen (secondary N) is 2. The van der Waals surface area contributed by atoms with Gasteiger partial charge in [-0.1, -0.05) is 43.0 Å². The van der Waals surface area contributed by atoms with E-state index in [1.807, 2.05) is 0 Å². The molecule has 3 N–H and O–H groups in total. The van der Waals surface area contributed by atoms with E-state index in [2.05, 4.69) is 10.9 Å². The SMILES string of the molecule is O=C(O)CC1(CC(=O)NNC(=O)c2ccccc2Cl)CCCCC1. The molecule has 0 aromatic heterocycles. The predicted molar refractivity (Wildman–Crippen MR) is 89.4 cm³/mol. The van der Waals surface area contributed by atoms with E-state index in [1.54, 1.807) is 24.3 Å². The molecule has 1 aromatic carbocycles. The minimum absolute atomic E-state index is 0.0289. The summed E-state index contributed by atoms with van der Waals surface area (Å²) in [6, 6.07) is 6.52. The van der Waals surface area contributed by atoms with E-state index in [1.165, 1.54) is 0 Å². The topological polar surface area (TPSA) is 95.5 Å². The molecule has 1 aliphatic carbocycles. The third-order valence-electron chi connectivity index (χ3n) is 4.41. The summed E-state index contributed by atoms with van der Waals surface area (Å²) in [7, 11) is 0. The molecule has 1 aromatic rings. The molecule has 6 nitrogen and oxygen atoms in total. The van der Waals surface area contributed by atoms with Gasteiger partial charge in [-0.25, -0.2) is 0 Å². The molecule has 0 atom stereocenters. The first-order valence-electron chi connectivity index (χ1n) is 7.97. The highest BCUT2D eigenvalue weighted by Gasteiger charge is 2.36. The molecule has 0 aliphatic heterocycles. The van der Waals surface area contributed by atoms with Crippen LogP contribution < -0.4 is 10.9 Å². The Morgan fingerprint density at radius 1 is 1.04 bits per heavy atom. The van der Waals surface area contributed by atoms with Crippen LogP contribution >= 0.6 is 11.6 Å². The van der Waals surface area contributed by atoms with Gasteiger partial charge in [0.1, 0.15) is 0 Å². The largest absolute Gasteiger partial charge is 0.481 e. The van der Waals surface area contributed by atoms with Gasteiger partial charge in [-0.2, -0.15) is 0 Å². The first-order chi connectivity index (χ1) is 11.4. The number of aliphatic carboxylic acids is 1. The van der Waals surface area contributed by atoms with Gasteiger partial charge in [-0.3, -0.25) is 25.2 Å². The first-order valence-corrected chi connectivity index (χ1v) is 8.35. The van der Waals surface area contributed by atoms with Crippen molar-refractivity contribution in [2.45, 2.75) is 44.9 Å². The summed E-state index contributed by atoms with van der Waals surface area (Å²) in [6.45, 7) is 0. The fourth-order valence-electron chi connectivity index (χ4n) is 3.26. The number of amides is 2. The maximum Gasteiger partial charge on any atom is 0.303 e. The smallest absolute Gasteiger partial charge is 0.303 e. The highest BCUT2D eigenvalue weighted by molar-refractivity contribution is 6.33. The lowest BCUT2D eigenvalue weighted by molar-refractivity contribution is -0.141. The average molecular weight is 353 g/mol. The third kappa shape index (κ3) is 4.96. The van der Waals surface area contributed by atoms with Gasteiger partial charge >= 0.3 is 5.97 Å². The van der Waals surface area contributed by atoms with Crippen LogP contribution in [0.2, 0.25) is 5.02 Å². The Hall–Kier alpha value is -2.08. The number of carboxylic acids is 1. The van der Waals surface area contributed by atoms with Crippen LogP contribution in [0.5, 0.6) is 0 Å². The molecule has 130 valence electrons. The molecule has 2 rings (SSSR count). The highest BCUT2D eigenvalue weighted by atomic mass is 35.5. The number of halogens is 1. The Bertz CT molecular complexity index is 627. The van der Waals surface area contributed by atoms with Gasteiger partial charge in [0.05, 0.1) is 17.0 Å². The van der Waals surface area contributed by atoms with Crippen LogP contribution in [0.1, 0.15) is 55.3 Å². The number of carboxylic acid groups (broad SMARTS) is 1. The number of carbonyl (C=O) groups is 3. The first kappa shape index (κ1) is 18.3. The number of rotatable bonds is 5. The van der Waals surface area contributed by atoms with Gasteiger partial charge in [0, 0.05) is 6.42 Å². The van der Waals surface area contributed by atoms with Gasteiger partial charge in [0.25, 0.3) is 5.91 Å². The molecule has 24 heavy (non-hydrogen) atoms. The Morgan fingerprint density at radius 3 is 2.33 bits per heavy atom. The fourth-order valence-corrected chi connectivity index (χ4v) is 3.48. The molecule has 0 spiro atoms. The monoisotopic (exact) mass is 352 g/mol. The van der Waals surface area contributed by atoms with Crippen LogP contribution in [-0.4, -0.2) is 22.9 Å². The molecule has 1 fully saturated rings. The molecule has 0 heterocycles. The maximum atomic E-state index is 12.2. The highest BCUT2D eigenvalue weighted by Crippen LogP contribution is 2.42. The normalized spacial score (nSPS) is 16.2. The molecule has 0 bridgehead atoms. The lowest BCUT2D eigenvalue weighted by Crippen LogP contribution is -2.44. The second-order valence-corrected chi connectivity index (χ2v) is 6.70. The van der Waals surface area contributed by atoms with E-state index < -0.39 is 23.2 Å². The van der Waals surface area contributed by atoms with Gasteiger partial charge in [-0.15, -0.1) is 0 Å². The third-order valence-corrected chi connectivity index (χ3v) is 4.74. The number of hydrogen-bond acceptors (Lipinski definition) is 3. The summed E-state index contributed by atoms with van der Waals surface area (Å²) in [5.74, 6) is -1.80. The van der Waals surface area contributed by atoms with Crippen molar-refractivity contribution in [3.05, 3.63) is 34.9 Å². The van der Waals surface area contributed by atoms with Crippen LogP contribution in [0.4, 0.5) is 0 Å². The summed E-state index contributed by atoms with van der Waals surface area (Å²) >= 11 is 5.93. The summed E-state index contributed by atoms with van der Waals surface area (Å²) in [4.78, 5) is 35.3. The number of hydrogen-bond donors (Lipinski definition) is 3. The molecule has 0 radical (unpaired) electrons. The van der Waals surface area contributed by atoms with E-state index >= 15 is 0 Å². The summed E-state index contributed by atoms with van der Waals surface area (Å²) in [5.41, 5.74) is 4.43. The Balaban J connectivity index is 1.92. The average Bonchev–Trinajstić information content (AvgIpc) is 2.53. The van der Waals surface area contributed by atoms with Crippen molar-refractivity contribution in [2.75, 3.05) is 0 Å². The standard InChI is InChI=1S/C17H21ClN2O4/c18-13-7-3-2-6-12(13)16(24)20-19-14(21)10-17(11-15(22)23)8-4-1-5-9-17/h2-3,6-7H,1,4-5,8-11H2,(H,19,21)(H,20,24)(H,22,23). The molecule has 0 saturated heterocycles. The van der Waals surface area contributed by atoms with Crippen molar-refractivity contribution in [2.24, 2.45) is 5.41 Å². The molecule has 7 heteroatoms. The molecule has 1 aliphatic rings. The van der Waals surface area contributed by atoms with Crippen LogP contribution in [0.25, 0.3) is 0 Å². The van der Waals surface area contributed by atoms with Crippen molar-refractivity contribution in [1.29, 1.82) is 0 Å². The van der Waals surface area contributed by atoms with Crippen molar-refractivity contribution in [3.8, 4) is 0 Å². The lowest BCUT2D eigenvalue weighted by atomic mass is 9.69. The number of hydrazine groups is 1. The van der Waals surface area contributed by atoms with Crippen molar-refractivity contribution < 1.29 is 19.5 Å². The van der Waals surface area contributed by atoms with Crippen LogP contribution in [0, 0.1) is 5.41 Å². The van der Waals surface area contributed by atoms with E-state index in [4.69, 9.17) is 16.7 Å². The zero-order valence-electron chi connectivity index (χ0n) is 13.3. The van der Waals surface area contributed by atoms with Crippen LogP contribution in [-0.2, 0) is 9.59 Å². The van der Waals surface area contributed by atoms with Crippen molar-refractivity contribution in [1.82, 2.24) is 10.9 Å². The summed E-state index contributed by atoms with van der Waals surface area (Å²) < 4.78 is 0. The molecule has 0 unspecified atom stereocenters. The van der Waals surface area contributed by atoms with E-state index in [9.17, 15) is 14.4 Å². The zero-order valence-corrected chi connectivity index (χ0v) is 14.1. The van der Waals surface area contributed by atoms with E-state index in [-0.39, 0.29) is 18.4 Å². The molecule has 2 amide bonds.